The van der Waals surface area contributed by atoms with Crippen LogP contribution in [0.3, 0.4) is 0 Å². The lowest BCUT2D eigenvalue weighted by Crippen LogP contribution is -2.11. The third-order valence-electron chi connectivity index (χ3n) is 2.81. The molecular weight excluding hydrogens is 284 g/mol. The normalized spacial score (nSPS) is 11.8. The van der Waals surface area contributed by atoms with Crippen LogP contribution in [-0.2, 0) is 10.0 Å². The van der Waals surface area contributed by atoms with Crippen molar-refractivity contribution in [2.45, 2.75) is 4.90 Å². The summed E-state index contributed by atoms with van der Waals surface area (Å²) in [7, 11) is -3.60. The first kappa shape index (κ1) is 12.2. The van der Waals surface area contributed by atoms with Crippen LogP contribution < -0.4 is 0 Å². The fourth-order valence-electron chi connectivity index (χ4n) is 1.90. The minimum absolute atomic E-state index is 0.238. The van der Waals surface area contributed by atoms with Gasteiger partial charge in [0, 0.05) is 11.6 Å². The number of fused-ring (bicyclic) bond motifs is 1. The molecule has 3 aromatic rings. The molecule has 0 saturated heterocycles. The first-order chi connectivity index (χ1) is 9.09. The smallest absolute Gasteiger partial charge is 0.242 e. The Hall–Kier alpha value is -1.85. The van der Waals surface area contributed by atoms with Gasteiger partial charge < -0.3 is 0 Å². The molecule has 0 fully saturated rings. The molecule has 0 amide bonds. The minimum atomic E-state index is -3.60. The Balaban J connectivity index is 2.25. The van der Waals surface area contributed by atoms with Crippen molar-refractivity contribution in [1.82, 2.24) is 8.96 Å². The molecule has 0 N–H and O–H groups in total. The van der Waals surface area contributed by atoms with E-state index < -0.39 is 10.0 Å². The second-order valence-corrected chi connectivity index (χ2v) is 6.20. The van der Waals surface area contributed by atoms with Gasteiger partial charge in [-0.05, 0) is 24.3 Å². The van der Waals surface area contributed by atoms with E-state index in [0.29, 0.717) is 10.7 Å². The Labute approximate surface area is 115 Å². The summed E-state index contributed by atoms with van der Waals surface area (Å²) in [5.74, 6) is 0. The predicted octanol–water partition coefficient (Wildman–Crippen LogP) is 2.93. The molecule has 0 aliphatic heterocycles. The van der Waals surface area contributed by atoms with Gasteiger partial charge in [0.1, 0.15) is 5.15 Å². The highest BCUT2D eigenvalue weighted by Gasteiger charge is 2.18. The molecule has 4 nitrogen and oxygen atoms in total. The summed E-state index contributed by atoms with van der Waals surface area (Å²) in [5.41, 5.74) is 0.508. The summed E-state index contributed by atoms with van der Waals surface area (Å²) in [6.45, 7) is 0. The van der Waals surface area contributed by atoms with Crippen LogP contribution in [-0.4, -0.2) is 17.4 Å². The number of benzene rings is 1. The average Bonchev–Trinajstić information content (AvgIpc) is 2.83. The highest BCUT2D eigenvalue weighted by Crippen LogP contribution is 2.23. The number of hydrogen-bond acceptors (Lipinski definition) is 3. The minimum Gasteiger partial charge on any atom is -0.242 e. The number of aromatic nitrogens is 2. The van der Waals surface area contributed by atoms with Crippen molar-refractivity contribution in [3.63, 3.8) is 0 Å². The van der Waals surface area contributed by atoms with Crippen molar-refractivity contribution in [3.05, 3.63) is 60.0 Å². The predicted molar refractivity (Wildman–Crippen MR) is 73.8 cm³/mol. The number of hydrogen-bond donors (Lipinski definition) is 0. The molecule has 96 valence electrons. The Morgan fingerprint density at radius 3 is 2.58 bits per heavy atom. The van der Waals surface area contributed by atoms with Crippen LogP contribution in [0.4, 0.5) is 0 Å². The molecule has 0 bridgehead atoms. The van der Waals surface area contributed by atoms with E-state index in [1.165, 1.54) is 16.4 Å². The zero-order chi connectivity index (χ0) is 13.5. The third kappa shape index (κ3) is 2.01. The van der Waals surface area contributed by atoms with Crippen molar-refractivity contribution in [3.8, 4) is 0 Å². The van der Waals surface area contributed by atoms with E-state index in [1.54, 1.807) is 42.5 Å². The van der Waals surface area contributed by atoms with Gasteiger partial charge >= 0.3 is 0 Å². The molecule has 0 saturated carbocycles. The number of nitrogens with zero attached hydrogens (tertiary/aromatic N) is 2. The van der Waals surface area contributed by atoms with E-state index >= 15 is 0 Å². The zero-order valence-electron chi connectivity index (χ0n) is 9.69. The molecule has 0 spiro atoms. The fourth-order valence-corrected chi connectivity index (χ4v) is 3.43. The Morgan fingerprint density at radius 1 is 1.11 bits per heavy atom. The SMILES string of the molecule is O=S(=O)(c1ccccc1)n1ccc2cc(Cl)ncc21. The standard InChI is InChI=1S/C13H9ClN2O2S/c14-13-8-10-6-7-16(12(10)9-15-13)19(17,18)11-4-2-1-3-5-11/h1-9H. The monoisotopic (exact) mass is 292 g/mol. The quantitative estimate of drug-likeness (QED) is 0.682. The van der Waals surface area contributed by atoms with Crippen LogP contribution in [0.15, 0.2) is 59.8 Å². The fraction of sp³-hybridized carbons (Fsp3) is 0. The molecule has 6 heteroatoms. The van der Waals surface area contributed by atoms with Crippen molar-refractivity contribution in [2.75, 3.05) is 0 Å². The van der Waals surface area contributed by atoms with Gasteiger partial charge in [-0.25, -0.2) is 17.4 Å². The van der Waals surface area contributed by atoms with Crippen molar-refractivity contribution in [1.29, 1.82) is 0 Å². The van der Waals surface area contributed by atoms with Gasteiger partial charge in [-0.1, -0.05) is 29.8 Å². The largest absolute Gasteiger partial charge is 0.268 e. The van der Waals surface area contributed by atoms with Gasteiger partial charge in [0.25, 0.3) is 10.0 Å². The van der Waals surface area contributed by atoms with E-state index in [4.69, 9.17) is 11.6 Å². The van der Waals surface area contributed by atoms with Gasteiger partial charge in [0.2, 0.25) is 0 Å². The Kier molecular flexibility index (Phi) is 2.80. The maximum Gasteiger partial charge on any atom is 0.268 e. The van der Waals surface area contributed by atoms with Crippen molar-refractivity contribution >= 4 is 32.5 Å². The summed E-state index contributed by atoms with van der Waals surface area (Å²) in [6, 6.07) is 11.6. The van der Waals surface area contributed by atoms with Crippen LogP contribution in [0.25, 0.3) is 10.9 Å². The second-order valence-electron chi connectivity index (χ2n) is 4.00. The first-order valence-electron chi connectivity index (χ1n) is 5.52. The molecule has 0 radical (unpaired) electrons. The highest BCUT2D eigenvalue weighted by atomic mass is 35.5. The molecule has 3 rings (SSSR count). The summed E-state index contributed by atoms with van der Waals surface area (Å²) in [6.07, 6.45) is 2.96. The average molecular weight is 293 g/mol. The summed E-state index contributed by atoms with van der Waals surface area (Å²) < 4.78 is 26.2. The van der Waals surface area contributed by atoms with Crippen LogP contribution >= 0.6 is 11.6 Å². The molecule has 2 heterocycles. The lowest BCUT2D eigenvalue weighted by molar-refractivity contribution is 0.589. The Morgan fingerprint density at radius 2 is 1.84 bits per heavy atom. The Bertz CT molecular complexity index is 841. The summed E-state index contributed by atoms with van der Waals surface area (Å²) in [4.78, 5) is 4.17. The van der Waals surface area contributed by atoms with Gasteiger partial charge in [-0.3, -0.25) is 0 Å². The van der Waals surface area contributed by atoms with Crippen LogP contribution in [0.5, 0.6) is 0 Å². The zero-order valence-corrected chi connectivity index (χ0v) is 11.3. The van der Waals surface area contributed by atoms with Gasteiger partial charge in [-0.15, -0.1) is 0 Å². The molecule has 0 unspecified atom stereocenters. The second kappa shape index (κ2) is 4.36. The molecule has 19 heavy (non-hydrogen) atoms. The maximum atomic E-state index is 12.5. The van der Waals surface area contributed by atoms with E-state index in [9.17, 15) is 8.42 Å². The van der Waals surface area contributed by atoms with Crippen LogP contribution in [0, 0.1) is 0 Å². The third-order valence-corrected chi connectivity index (χ3v) is 4.72. The molecule has 0 atom stereocenters. The van der Waals surface area contributed by atoms with Crippen LogP contribution in [0.2, 0.25) is 5.15 Å². The van der Waals surface area contributed by atoms with E-state index in [-0.39, 0.29) is 4.90 Å². The van der Waals surface area contributed by atoms with Crippen molar-refractivity contribution in [2.24, 2.45) is 0 Å². The van der Waals surface area contributed by atoms with Gasteiger partial charge in [-0.2, -0.15) is 0 Å². The summed E-state index contributed by atoms with van der Waals surface area (Å²) >= 11 is 5.79. The first-order valence-corrected chi connectivity index (χ1v) is 7.34. The van der Waals surface area contributed by atoms with Crippen molar-refractivity contribution < 1.29 is 8.42 Å². The molecule has 0 aliphatic rings. The van der Waals surface area contributed by atoms with E-state index in [2.05, 4.69) is 4.98 Å². The van der Waals surface area contributed by atoms with Gasteiger partial charge in [0.15, 0.2) is 0 Å². The molecule has 2 aromatic heterocycles. The van der Waals surface area contributed by atoms with Crippen LogP contribution in [0.1, 0.15) is 0 Å². The lowest BCUT2D eigenvalue weighted by atomic mass is 10.3. The molecular formula is C13H9ClN2O2S. The maximum absolute atomic E-state index is 12.5. The van der Waals surface area contributed by atoms with E-state index in [0.717, 1.165) is 5.39 Å². The molecule has 0 aliphatic carbocycles. The molecule has 1 aromatic carbocycles. The highest BCUT2D eigenvalue weighted by molar-refractivity contribution is 7.90. The lowest BCUT2D eigenvalue weighted by Gasteiger charge is -2.07. The summed E-state index contributed by atoms with van der Waals surface area (Å²) in [5, 5.41) is 1.07. The number of rotatable bonds is 2. The number of pyridine rings is 1. The van der Waals surface area contributed by atoms with Gasteiger partial charge in [0.05, 0.1) is 16.6 Å². The topological polar surface area (TPSA) is 52.0 Å². The van der Waals surface area contributed by atoms with E-state index in [1.807, 2.05) is 0 Å². The number of halogens is 1.